The van der Waals surface area contributed by atoms with E-state index in [0.29, 0.717) is 11.8 Å². The molecule has 0 aliphatic heterocycles. The molecule has 0 amide bonds. The standard InChI is InChI=1S/C52H34/c1-4-14-31(15-5-1)34-26-27-37-39-23-13-24-40-48(39)43(42(37)28-34)30-45-46(32-16-6-2-7-17-32)51-41-25-12-22-38-36-21-11-10-20-35(36)29-44(49(38)41)52(51)47(50(40)45)33-18-8-3-9-19-33/h1-18,20-30,33,35-36H,19H2. The van der Waals surface area contributed by atoms with Crippen LogP contribution in [-0.2, 0) is 0 Å². The Morgan fingerprint density at radius 1 is 0.423 bits per heavy atom. The minimum absolute atomic E-state index is 0.273. The third-order valence-electron chi connectivity index (χ3n) is 12.4. The van der Waals surface area contributed by atoms with Crippen molar-refractivity contribution in [1.82, 2.24) is 0 Å². The monoisotopic (exact) mass is 658 g/mol. The lowest BCUT2D eigenvalue weighted by atomic mass is 9.77. The van der Waals surface area contributed by atoms with E-state index in [0.717, 1.165) is 6.42 Å². The van der Waals surface area contributed by atoms with Crippen molar-refractivity contribution in [1.29, 1.82) is 0 Å². The topological polar surface area (TPSA) is 0 Å². The van der Waals surface area contributed by atoms with Crippen molar-refractivity contribution >= 4 is 70.7 Å². The number of rotatable bonds is 3. The zero-order chi connectivity index (χ0) is 33.9. The van der Waals surface area contributed by atoms with Gasteiger partial charge in [-0.1, -0.05) is 164 Å². The van der Waals surface area contributed by atoms with Gasteiger partial charge in [-0.15, -0.1) is 0 Å². The van der Waals surface area contributed by atoms with Crippen LogP contribution in [0.15, 0.2) is 170 Å². The van der Waals surface area contributed by atoms with Crippen LogP contribution in [0, 0.1) is 5.92 Å². The van der Waals surface area contributed by atoms with Gasteiger partial charge in [0.2, 0.25) is 0 Å². The second-order valence-corrected chi connectivity index (χ2v) is 15.0. The van der Waals surface area contributed by atoms with E-state index in [2.05, 4.69) is 176 Å². The Morgan fingerprint density at radius 3 is 2.00 bits per heavy atom. The molecule has 3 atom stereocenters. The number of fused-ring (bicyclic) bond motifs is 10. The Hall–Kier alpha value is -6.24. The number of benzene rings is 7. The molecule has 242 valence electrons. The summed E-state index contributed by atoms with van der Waals surface area (Å²) in [5.74, 6) is 0.986. The molecule has 0 aromatic heterocycles. The first-order valence-electron chi connectivity index (χ1n) is 18.7. The highest BCUT2D eigenvalue weighted by Crippen LogP contribution is 2.52. The molecule has 9 aromatic rings. The van der Waals surface area contributed by atoms with E-state index in [4.69, 9.17) is 0 Å². The summed E-state index contributed by atoms with van der Waals surface area (Å²) in [6.45, 7) is 0. The number of hydrogen-bond donors (Lipinski definition) is 0. The van der Waals surface area contributed by atoms with Gasteiger partial charge in [0.15, 0.2) is 0 Å². The van der Waals surface area contributed by atoms with E-state index in [1.165, 1.54) is 103 Å². The van der Waals surface area contributed by atoms with Crippen molar-refractivity contribution in [2.24, 2.45) is 5.92 Å². The first-order valence-corrected chi connectivity index (χ1v) is 18.7. The average Bonchev–Trinajstić information content (AvgIpc) is 3.71. The maximum Gasteiger partial charge on any atom is 0.0125 e. The normalized spacial score (nSPS) is 19.1. The summed E-state index contributed by atoms with van der Waals surface area (Å²) >= 11 is 0. The summed E-state index contributed by atoms with van der Waals surface area (Å²) in [7, 11) is 0. The molecule has 0 heterocycles. The van der Waals surface area contributed by atoms with Gasteiger partial charge in [-0.05, 0) is 122 Å². The zero-order valence-electron chi connectivity index (χ0n) is 28.7. The minimum Gasteiger partial charge on any atom is -0.0836 e. The molecule has 0 spiro atoms. The summed E-state index contributed by atoms with van der Waals surface area (Å²) in [4.78, 5) is 0. The Balaban J connectivity index is 1.35. The molecule has 0 bridgehead atoms. The highest BCUT2D eigenvalue weighted by molar-refractivity contribution is 6.39. The molecule has 0 N–H and O–H groups in total. The molecular formula is C52H34. The molecule has 0 saturated carbocycles. The molecule has 0 fully saturated rings. The summed E-state index contributed by atoms with van der Waals surface area (Å²) in [5, 5.41) is 18.0. The number of hydrogen-bond acceptors (Lipinski definition) is 0. The lowest BCUT2D eigenvalue weighted by Crippen LogP contribution is -2.19. The van der Waals surface area contributed by atoms with Crippen LogP contribution in [0.3, 0.4) is 0 Å². The predicted molar refractivity (Wildman–Crippen MR) is 223 cm³/mol. The third kappa shape index (κ3) is 3.77. The van der Waals surface area contributed by atoms with Crippen molar-refractivity contribution in [3.63, 3.8) is 0 Å². The second-order valence-electron chi connectivity index (χ2n) is 15.0. The maximum atomic E-state index is 2.61. The van der Waals surface area contributed by atoms with Crippen molar-refractivity contribution in [3.05, 3.63) is 186 Å². The molecule has 0 saturated heterocycles. The van der Waals surface area contributed by atoms with Gasteiger partial charge >= 0.3 is 0 Å². The lowest BCUT2D eigenvalue weighted by Gasteiger charge is -2.26. The first kappa shape index (κ1) is 28.5. The Kier molecular flexibility index (Phi) is 5.82. The van der Waals surface area contributed by atoms with E-state index in [-0.39, 0.29) is 5.92 Å². The quantitative estimate of drug-likeness (QED) is 0.166. The SMILES string of the molecule is C1=CCC(c2c3c4c5c(cccc5c3c(-c3ccccc3)c3cc5c6cc(-c7ccccc7)ccc6c6cccc(c23)c65)C2C=CC=CC2C=4)C=C1. The molecule has 3 aliphatic rings. The highest BCUT2D eigenvalue weighted by atomic mass is 14.3. The van der Waals surface area contributed by atoms with Crippen molar-refractivity contribution in [2.45, 2.75) is 18.3 Å². The summed E-state index contributed by atoms with van der Waals surface area (Å²) in [6, 6.07) is 45.9. The van der Waals surface area contributed by atoms with Gasteiger partial charge < -0.3 is 0 Å². The fourth-order valence-corrected chi connectivity index (χ4v) is 10.3. The zero-order valence-corrected chi connectivity index (χ0v) is 28.7. The van der Waals surface area contributed by atoms with Gasteiger partial charge in [0.05, 0.1) is 0 Å². The van der Waals surface area contributed by atoms with Gasteiger partial charge in [-0.3, -0.25) is 0 Å². The van der Waals surface area contributed by atoms with Crippen molar-refractivity contribution in [2.75, 3.05) is 0 Å². The van der Waals surface area contributed by atoms with Gasteiger partial charge in [-0.2, -0.15) is 0 Å². The molecule has 0 radical (unpaired) electrons. The molecule has 12 rings (SSSR count). The molecule has 9 aromatic carbocycles. The third-order valence-corrected chi connectivity index (χ3v) is 12.4. The molecule has 52 heavy (non-hydrogen) atoms. The van der Waals surface area contributed by atoms with E-state index in [9.17, 15) is 0 Å². The van der Waals surface area contributed by atoms with E-state index in [1.807, 2.05) is 0 Å². The van der Waals surface area contributed by atoms with Gasteiger partial charge in [0, 0.05) is 17.8 Å². The Labute approximate surface area is 302 Å². The fraction of sp³-hybridized carbons (Fsp3) is 0.0769. The minimum atomic E-state index is 0.273. The van der Waals surface area contributed by atoms with E-state index < -0.39 is 0 Å². The maximum absolute atomic E-state index is 2.61. The van der Waals surface area contributed by atoms with Crippen LogP contribution in [0.1, 0.15) is 29.4 Å². The fourth-order valence-electron chi connectivity index (χ4n) is 10.3. The second kappa shape index (κ2) is 10.6. The average molecular weight is 659 g/mol. The van der Waals surface area contributed by atoms with Crippen molar-refractivity contribution < 1.29 is 0 Å². The van der Waals surface area contributed by atoms with Gasteiger partial charge in [-0.25, -0.2) is 0 Å². The predicted octanol–water partition coefficient (Wildman–Crippen LogP) is 13.3. The van der Waals surface area contributed by atoms with Crippen LogP contribution >= 0.6 is 0 Å². The number of allylic oxidation sites excluding steroid dienone is 8. The van der Waals surface area contributed by atoms with Crippen LogP contribution < -0.4 is 5.22 Å². The largest absolute Gasteiger partial charge is 0.0836 e. The molecule has 3 unspecified atom stereocenters. The van der Waals surface area contributed by atoms with Crippen LogP contribution in [-0.4, -0.2) is 0 Å². The Bertz CT molecular complexity index is 3130. The van der Waals surface area contributed by atoms with Crippen LogP contribution in [0.25, 0.3) is 93.0 Å². The highest BCUT2D eigenvalue weighted by Gasteiger charge is 2.32. The Morgan fingerprint density at radius 2 is 1.17 bits per heavy atom. The summed E-state index contributed by atoms with van der Waals surface area (Å²) in [5.41, 5.74) is 8.10. The van der Waals surface area contributed by atoms with Crippen molar-refractivity contribution in [3.8, 4) is 22.3 Å². The van der Waals surface area contributed by atoms with Gasteiger partial charge in [0.25, 0.3) is 0 Å². The van der Waals surface area contributed by atoms with E-state index in [1.54, 1.807) is 0 Å². The summed E-state index contributed by atoms with van der Waals surface area (Å²) < 4.78 is 0. The van der Waals surface area contributed by atoms with Crippen LogP contribution in [0.4, 0.5) is 0 Å². The molecule has 0 heteroatoms. The lowest BCUT2D eigenvalue weighted by molar-refractivity contribution is 0.730. The smallest absolute Gasteiger partial charge is 0.0125 e. The van der Waals surface area contributed by atoms with Gasteiger partial charge in [0.1, 0.15) is 0 Å². The molecule has 0 nitrogen and oxygen atoms in total. The van der Waals surface area contributed by atoms with E-state index >= 15 is 0 Å². The molecule has 3 aliphatic carbocycles. The summed E-state index contributed by atoms with van der Waals surface area (Å²) in [6.07, 6.45) is 22.2. The molecular weight excluding hydrogens is 625 g/mol. The first-order chi connectivity index (χ1) is 25.8. The van der Waals surface area contributed by atoms with Crippen LogP contribution in [0.2, 0.25) is 0 Å². The van der Waals surface area contributed by atoms with Crippen LogP contribution in [0.5, 0.6) is 0 Å².